The molecule has 0 saturated carbocycles. The monoisotopic (exact) mass is 273 g/mol. The van der Waals surface area contributed by atoms with Crippen molar-refractivity contribution in [1.82, 2.24) is 9.36 Å². The van der Waals surface area contributed by atoms with E-state index in [0.29, 0.717) is 13.2 Å². The largest absolute Gasteiger partial charge is 0.382 e. The van der Waals surface area contributed by atoms with Crippen molar-refractivity contribution in [2.45, 2.75) is 32.6 Å². The summed E-state index contributed by atoms with van der Waals surface area (Å²) in [6.45, 7) is 9.24. The summed E-state index contributed by atoms with van der Waals surface area (Å²) in [6, 6.07) is 0. The molecule has 0 amide bonds. The number of nitrogens with one attached hydrogen (secondary N) is 1. The van der Waals surface area contributed by atoms with Gasteiger partial charge in [-0.3, -0.25) is 0 Å². The summed E-state index contributed by atoms with van der Waals surface area (Å²) in [5.74, 6) is 0.895. The molecule has 0 spiro atoms. The maximum absolute atomic E-state index is 5.37. The second-order valence-electron chi connectivity index (χ2n) is 5.06. The Balaban J connectivity index is 2.14. The van der Waals surface area contributed by atoms with E-state index in [1.807, 2.05) is 0 Å². The molecule has 1 aromatic heterocycles. The van der Waals surface area contributed by atoms with Crippen molar-refractivity contribution in [3.63, 3.8) is 0 Å². The van der Waals surface area contributed by atoms with Crippen LogP contribution in [0.1, 0.15) is 33.0 Å². The van der Waals surface area contributed by atoms with Crippen LogP contribution in [0.15, 0.2) is 0 Å². The van der Waals surface area contributed by atoms with Gasteiger partial charge in [-0.1, -0.05) is 20.8 Å². The van der Waals surface area contributed by atoms with Gasteiger partial charge < -0.3 is 14.8 Å². The third-order valence-electron chi connectivity index (χ3n) is 2.27. The molecule has 0 aromatic carbocycles. The predicted octanol–water partition coefficient (Wildman–Crippen LogP) is 2.30. The smallest absolute Gasteiger partial charge is 0.202 e. The van der Waals surface area contributed by atoms with Gasteiger partial charge in [0.25, 0.3) is 0 Å². The molecule has 0 unspecified atom stereocenters. The van der Waals surface area contributed by atoms with E-state index in [1.54, 1.807) is 7.11 Å². The Labute approximate surface area is 113 Å². The molecule has 1 N–H and O–H groups in total. The summed E-state index contributed by atoms with van der Waals surface area (Å²) >= 11 is 1.42. The zero-order chi connectivity index (χ0) is 13.4. The Bertz CT molecular complexity index is 336. The molecule has 0 atom stereocenters. The van der Waals surface area contributed by atoms with E-state index in [4.69, 9.17) is 9.47 Å². The highest BCUT2D eigenvalue weighted by molar-refractivity contribution is 7.09. The van der Waals surface area contributed by atoms with Crippen molar-refractivity contribution in [3.8, 4) is 0 Å². The standard InChI is InChI=1S/C12H23N3O2S/c1-12(2,3)10-14-11(18-15-10)13-6-5-7-17-9-8-16-4/h5-9H2,1-4H3,(H,13,14,15). The lowest BCUT2D eigenvalue weighted by molar-refractivity contribution is 0.0705. The first-order chi connectivity index (χ1) is 8.54. The minimum atomic E-state index is 0.0136. The lowest BCUT2D eigenvalue weighted by Gasteiger charge is -2.12. The fraction of sp³-hybridized carbons (Fsp3) is 0.833. The molecule has 18 heavy (non-hydrogen) atoms. The molecule has 1 rings (SSSR count). The van der Waals surface area contributed by atoms with Crippen LogP contribution in [0.4, 0.5) is 5.13 Å². The minimum absolute atomic E-state index is 0.0136. The number of rotatable bonds is 8. The van der Waals surface area contributed by atoms with Crippen LogP contribution < -0.4 is 5.32 Å². The van der Waals surface area contributed by atoms with Gasteiger partial charge in [-0.15, -0.1) is 0 Å². The topological polar surface area (TPSA) is 56.3 Å². The fourth-order valence-corrected chi connectivity index (χ4v) is 2.00. The van der Waals surface area contributed by atoms with Crippen molar-refractivity contribution < 1.29 is 9.47 Å². The summed E-state index contributed by atoms with van der Waals surface area (Å²) in [6.07, 6.45) is 0.953. The number of nitrogens with zero attached hydrogens (tertiary/aromatic N) is 2. The van der Waals surface area contributed by atoms with Crippen molar-refractivity contribution in [2.24, 2.45) is 0 Å². The van der Waals surface area contributed by atoms with Crippen molar-refractivity contribution in [2.75, 3.05) is 38.8 Å². The van der Waals surface area contributed by atoms with Crippen LogP contribution in [-0.2, 0) is 14.9 Å². The summed E-state index contributed by atoms with van der Waals surface area (Å²) in [5.41, 5.74) is 0.0136. The quantitative estimate of drug-likeness (QED) is 0.737. The summed E-state index contributed by atoms with van der Waals surface area (Å²) < 4.78 is 14.6. The number of methoxy groups -OCH3 is 1. The number of aromatic nitrogens is 2. The highest BCUT2D eigenvalue weighted by Crippen LogP contribution is 2.22. The van der Waals surface area contributed by atoms with Crippen molar-refractivity contribution in [3.05, 3.63) is 5.82 Å². The van der Waals surface area contributed by atoms with Gasteiger partial charge in [-0.2, -0.15) is 4.37 Å². The van der Waals surface area contributed by atoms with Gasteiger partial charge in [0.1, 0.15) is 5.82 Å². The molecule has 5 nitrogen and oxygen atoms in total. The van der Waals surface area contributed by atoms with Gasteiger partial charge in [0, 0.05) is 37.2 Å². The van der Waals surface area contributed by atoms with E-state index >= 15 is 0 Å². The van der Waals surface area contributed by atoms with Gasteiger partial charge in [0.05, 0.1) is 13.2 Å². The molecule has 0 saturated heterocycles. The third-order valence-corrected chi connectivity index (χ3v) is 2.94. The van der Waals surface area contributed by atoms with Gasteiger partial charge in [-0.05, 0) is 6.42 Å². The lowest BCUT2D eigenvalue weighted by Crippen LogP contribution is -2.13. The van der Waals surface area contributed by atoms with E-state index in [-0.39, 0.29) is 5.41 Å². The van der Waals surface area contributed by atoms with E-state index in [9.17, 15) is 0 Å². The van der Waals surface area contributed by atoms with E-state index < -0.39 is 0 Å². The second-order valence-corrected chi connectivity index (χ2v) is 5.81. The maximum atomic E-state index is 5.37. The van der Waals surface area contributed by atoms with Gasteiger partial charge in [0.2, 0.25) is 5.13 Å². The first-order valence-electron chi connectivity index (χ1n) is 6.19. The third kappa shape index (κ3) is 5.75. The molecule has 0 aliphatic rings. The molecule has 0 bridgehead atoms. The predicted molar refractivity (Wildman–Crippen MR) is 74.4 cm³/mol. The van der Waals surface area contributed by atoms with Crippen LogP contribution in [0.2, 0.25) is 0 Å². The van der Waals surface area contributed by atoms with Gasteiger partial charge in [-0.25, -0.2) is 4.98 Å². The average Bonchev–Trinajstić information content (AvgIpc) is 2.76. The number of ether oxygens (including phenoxy) is 2. The molecule has 0 aliphatic heterocycles. The van der Waals surface area contributed by atoms with E-state index in [2.05, 4.69) is 35.4 Å². The summed E-state index contributed by atoms with van der Waals surface area (Å²) in [7, 11) is 1.67. The highest BCUT2D eigenvalue weighted by atomic mass is 32.1. The zero-order valence-electron chi connectivity index (χ0n) is 11.7. The molecular formula is C12H23N3O2S. The number of anilines is 1. The molecule has 6 heteroatoms. The highest BCUT2D eigenvalue weighted by Gasteiger charge is 2.19. The molecule has 104 valence electrons. The first-order valence-corrected chi connectivity index (χ1v) is 6.96. The maximum Gasteiger partial charge on any atom is 0.202 e. The van der Waals surface area contributed by atoms with E-state index in [0.717, 1.165) is 30.5 Å². The Morgan fingerprint density at radius 3 is 2.61 bits per heavy atom. The van der Waals surface area contributed by atoms with Gasteiger partial charge in [0.15, 0.2) is 0 Å². The second kappa shape index (κ2) is 7.66. The first kappa shape index (κ1) is 15.3. The molecular weight excluding hydrogens is 250 g/mol. The Kier molecular flexibility index (Phi) is 6.52. The normalized spacial score (nSPS) is 11.8. The van der Waals surface area contributed by atoms with Crippen LogP contribution in [0.25, 0.3) is 0 Å². The molecule has 1 aromatic rings. The van der Waals surface area contributed by atoms with Crippen LogP contribution in [0, 0.1) is 0 Å². The Morgan fingerprint density at radius 2 is 2.00 bits per heavy atom. The van der Waals surface area contributed by atoms with Crippen molar-refractivity contribution >= 4 is 16.7 Å². The van der Waals surface area contributed by atoms with E-state index in [1.165, 1.54) is 11.5 Å². The number of hydrogen-bond donors (Lipinski definition) is 1. The van der Waals surface area contributed by atoms with Crippen molar-refractivity contribution in [1.29, 1.82) is 0 Å². The zero-order valence-corrected chi connectivity index (χ0v) is 12.5. The Morgan fingerprint density at radius 1 is 1.22 bits per heavy atom. The summed E-state index contributed by atoms with van der Waals surface area (Å²) in [4.78, 5) is 4.46. The summed E-state index contributed by atoms with van der Waals surface area (Å²) in [5, 5.41) is 4.15. The number of hydrogen-bond acceptors (Lipinski definition) is 6. The van der Waals surface area contributed by atoms with Crippen LogP contribution >= 0.6 is 11.5 Å². The SMILES string of the molecule is COCCOCCCNc1nc(C(C)(C)C)ns1. The Hall–Kier alpha value is -0.720. The van der Waals surface area contributed by atoms with Crippen LogP contribution in [0.3, 0.4) is 0 Å². The lowest BCUT2D eigenvalue weighted by atomic mass is 9.96. The minimum Gasteiger partial charge on any atom is -0.382 e. The molecule has 0 aliphatic carbocycles. The average molecular weight is 273 g/mol. The van der Waals surface area contributed by atoms with Gasteiger partial charge >= 0.3 is 0 Å². The molecule has 0 radical (unpaired) electrons. The molecule has 0 fully saturated rings. The van der Waals surface area contributed by atoms with Crippen LogP contribution in [0.5, 0.6) is 0 Å². The van der Waals surface area contributed by atoms with Crippen LogP contribution in [-0.4, -0.2) is 42.8 Å². The molecule has 1 heterocycles. The fourth-order valence-electron chi connectivity index (χ4n) is 1.21.